The van der Waals surface area contributed by atoms with Gasteiger partial charge in [-0.2, -0.15) is 5.10 Å². The first-order valence-corrected chi connectivity index (χ1v) is 7.78. The van der Waals surface area contributed by atoms with Gasteiger partial charge >= 0.3 is 0 Å². The van der Waals surface area contributed by atoms with Crippen LogP contribution in [-0.4, -0.2) is 24.2 Å². The maximum Gasteiger partial charge on any atom is 0.254 e. The molecular formula is C17H25N3O. The van der Waals surface area contributed by atoms with Gasteiger partial charge in [0.15, 0.2) is 0 Å². The topological polar surface area (TPSA) is 53.5 Å². The molecule has 0 aliphatic heterocycles. The minimum Gasteiger partial charge on any atom is -0.306 e. The zero-order valence-corrected chi connectivity index (χ0v) is 13.0. The summed E-state index contributed by atoms with van der Waals surface area (Å²) in [6.07, 6.45) is 6.22. The van der Waals surface area contributed by atoms with Crippen molar-refractivity contribution in [3.8, 4) is 0 Å². The molecule has 4 nitrogen and oxygen atoms in total. The van der Waals surface area contributed by atoms with Crippen LogP contribution in [0.3, 0.4) is 0 Å². The fourth-order valence-corrected chi connectivity index (χ4v) is 2.59. The van der Waals surface area contributed by atoms with Crippen LogP contribution < -0.4 is 10.7 Å². The van der Waals surface area contributed by atoms with Crippen molar-refractivity contribution in [3.63, 3.8) is 0 Å². The average molecular weight is 287 g/mol. The Hall–Kier alpha value is -1.68. The van der Waals surface area contributed by atoms with Gasteiger partial charge < -0.3 is 5.32 Å². The highest BCUT2D eigenvalue weighted by molar-refractivity contribution is 5.99. The number of nitrogens with zero attached hydrogens (tertiary/aromatic N) is 1. The van der Waals surface area contributed by atoms with E-state index >= 15 is 0 Å². The Morgan fingerprint density at radius 2 is 1.86 bits per heavy atom. The molecule has 0 bridgehead atoms. The van der Waals surface area contributed by atoms with Crippen LogP contribution in [0.5, 0.6) is 0 Å². The zero-order valence-electron chi connectivity index (χ0n) is 13.0. The lowest BCUT2D eigenvalue weighted by Gasteiger charge is -2.22. The third kappa shape index (κ3) is 5.31. The van der Waals surface area contributed by atoms with E-state index in [9.17, 15) is 4.79 Å². The number of aryl methyl sites for hydroxylation is 1. The van der Waals surface area contributed by atoms with Gasteiger partial charge in [-0.15, -0.1) is 0 Å². The Balaban J connectivity index is 1.76. The molecule has 1 aromatic rings. The van der Waals surface area contributed by atoms with Gasteiger partial charge in [0.05, 0.1) is 12.3 Å². The van der Waals surface area contributed by atoms with Crippen molar-refractivity contribution in [2.24, 2.45) is 5.10 Å². The maximum atomic E-state index is 11.8. The van der Waals surface area contributed by atoms with Crippen LogP contribution in [0.2, 0.25) is 0 Å². The van der Waals surface area contributed by atoms with E-state index in [0.29, 0.717) is 12.6 Å². The lowest BCUT2D eigenvalue weighted by molar-refractivity contribution is -0.120. The Kier molecular flexibility index (Phi) is 5.93. The predicted octanol–water partition coefficient (Wildman–Crippen LogP) is 2.76. The fourth-order valence-electron chi connectivity index (χ4n) is 2.59. The molecule has 1 amide bonds. The van der Waals surface area contributed by atoms with Gasteiger partial charge in [0.1, 0.15) is 0 Å². The molecule has 0 saturated heterocycles. The van der Waals surface area contributed by atoms with E-state index in [1.807, 2.05) is 31.2 Å². The number of hydrogen-bond acceptors (Lipinski definition) is 3. The van der Waals surface area contributed by atoms with Gasteiger partial charge in [0, 0.05) is 6.04 Å². The lowest BCUT2D eigenvalue weighted by Crippen LogP contribution is -2.38. The standard InChI is InChI=1S/C17H25N3O/c1-13-8-10-15(11-9-13)14(2)19-20-17(21)12-18-16-6-4-3-5-7-16/h8-11,16,18H,3-7,12H2,1-2H3,(H,20,21)/b19-14-. The summed E-state index contributed by atoms with van der Waals surface area (Å²) in [5.74, 6) is -0.0768. The van der Waals surface area contributed by atoms with Crippen molar-refractivity contribution in [2.75, 3.05) is 6.54 Å². The van der Waals surface area contributed by atoms with Gasteiger partial charge in [0.2, 0.25) is 0 Å². The number of hydrazone groups is 1. The molecule has 114 valence electrons. The first-order valence-electron chi connectivity index (χ1n) is 7.78. The molecule has 2 N–H and O–H groups in total. The Bertz CT molecular complexity index is 487. The third-order valence-electron chi connectivity index (χ3n) is 3.97. The molecule has 21 heavy (non-hydrogen) atoms. The largest absolute Gasteiger partial charge is 0.306 e. The summed E-state index contributed by atoms with van der Waals surface area (Å²) in [5.41, 5.74) is 5.69. The number of hydrogen-bond donors (Lipinski definition) is 2. The first-order chi connectivity index (χ1) is 10.1. The molecule has 0 radical (unpaired) electrons. The molecule has 0 atom stereocenters. The Labute approximate surface area is 127 Å². The lowest BCUT2D eigenvalue weighted by atomic mass is 9.95. The van der Waals surface area contributed by atoms with Crippen LogP contribution in [0.1, 0.15) is 50.2 Å². The Morgan fingerprint density at radius 3 is 2.52 bits per heavy atom. The predicted molar refractivity (Wildman–Crippen MR) is 86.4 cm³/mol. The number of rotatable bonds is 5. The minimum atomic E-state index is -0.0768. The molecule has 0 unspecified atom stereocenters. The monoisotopic (exact) mass is 287 g/mol. The van der Waals surface area contributed by atoms with Crippen LogP contribution in [0.4, 0.5) is 0 Å². The number of amides is 1. The third-order valence-corrected chi connectivity index (χ3v) is 3.97. The highest BCUT2D eigenvalue weighted by Crippen LogP contribution is 2.16. The van der Waals surface area contributed by atoms with Crippen LogP contribution in [0.25, 0.3) is 0 Å². The normalized spacial score (nSPS) is 16.8. The second-order valence-corrected chi connectivity index (χ2v) is 5.81. The van der Waals surface area contributed by atoms with E-state index in [1.54, 1.807) is 0 Å². The van der Waals surface area contributed by atoms with E-state index in [-0.39, 0.29) is 5.91 Å². The molecule has 1 fully saturated rings. The van der Waals surface area contributed by atoms with E-state index in [1.165, 1.54) is 37.7 Å². The molecule has 1 saturated carbocycles. The highest BCUT2D eigenvalue weighted by Gasteiger charge is 2.13. The Morgan fingerprint density at radius 1 is 1.19 bits per heavy atom. The molecule has 0 spiro atoms. The van der Waals surface area contributed by atoms with Crippen molar-refractivity contribution in [1.29, 1.82) is 0 Å². The van der Waals surface area contributed by atoms with Crippen molar-refractivity contribution in [2.45, 2.75) is 52.0 Å². The summed E-state index contributed by atoms with van der Waals surface area (Å²) in [7, 11) is 0. The summed E-state index contributed by atoms with van der Waals surface area (Å²) in [6.45, 7) is 4.30. The SMILES string of the molecule is C/C(=N/NC(=O)CNC1CCCCC1)c1ccc(C)cc1. The summed E-state index contributed by atoms with van der Waals surface area (Å²) < 4.78 is 0. The zero-order chi connectivity index (χ0) is 15.1. The van der Waals surface area contributed by atoms with Gasteiger partial charge in [0.25, 0.3) is 5.91 Å². The van der Waals surface area contributed by atoms with E-state index < -0.39 is 0 Å². The van der Waals surface area contributed by atoms with Gasteiger partial charge in [-0.1, -0.05) is 49.1 Å². The second-order valence-electron chi connectivity index (χ2n) is 5.81. The van der Waals surface area contributed by atoms with Gasteiger partial charge in [-0.3, -0.25) is 4.79 Å². The van der Waals surface area contributed by atoms with Crippen molar-refractivity contribution < 1.29 is 4.79 Å². The molecule has 2 rings (SSSR count). The summed E-state index contributed by atoms with van der Waals surface area (Å²) in [4.78, 5) is 11.8. The molecule has 0 aromatic heterocycles. The average Bonchev–Trinajstić information content (AvgIpc) is 2.52. The van der Waals surface area contributed by atoms with E-state index in [4.69, 9.17) is 0 Å². The molecular weight excluding hydrogens is 262 g/mol. The van der Waals surface area contributed by atoms with E-state index in [0.717, 1.165) is 11.3 Å². The number of carbonyl (C=O) groups is 1. The molecule has 1 aliphatic rings. The summed E-state index contributed by atoms with van der Waals surface area (Å²) in [6, 6.07) is 8.61. The fraction of sp³-hybridized carbons (Fsp3) is 0.529. The molecule has 1 aliphatic carbocycles. The number of carbonyl (C=O) groups excluding carboxylic acids is 1. The highest BCUT2D eigenvalue weighted by atomic mass is 16.2. The molecule has 1 aromatic carbocycles. The molecule has 4 heteroatoms. The van der Waals surface area contributed by atoms with Crippen LogP contribution in [-0.2, 0) is 4.79 Å². The second kappa shape index (κ2) is 7.93. The summed E-state index contributed by atoms with van der Waals surface area (Å²) >= 11 is 0. The van der Waals surface area contributed by atoms with Crippen LogP contribution in [0, 0.1) is 6.92 Å². The van der Waals surface area contributed by atoms with E-state index in [2.05, 4.69) is 22.8 Å². The number of nitrogens with one attached hydrogen (secondary N) is 2. The quantitative estimate of drug-likeness (QED) is 0.646. The minimum absolute atomic E-state index is 0.0768. The van der Waals surface area contributed by atoms with Gasteiger partial charge in [-0.05, 0) is 32.3 Å². The molecule has 0 heterocycles. The van der Waals surface area contributed by atoms with Crippen molar-refractivity contribution >= 4 is 11.6 Å². The first kappa shape index (κ1) is 15.7. The van der Waals surface area contributed by atoms with Crippen molar-refractivity contribution in [3.05, 3.63) is 35.4 Å². The maximum absolute atomic E-state index is 11.8. The number of benzene rings is 1. The van der Waals surface area contributed by atoms with Crippen molar-refractivity contribution in [1.82, 2.24) is 10.7 Å². The van der Waals surface area contributed by atoms with Crippen LogP contribution >= 0.6 is 0 Å². The van der Waals surface area contributed by atoms with Crippen LogP contribution in [0.15, 0.2) is 29.4 Å². The smallest absolute Gasteiger partial charge is 0.254 e. The van der Waals surface area contributed by atoms with Gasteiger partial charge in [-0.25, -0.2) is 5.43 Å². The summed E-state index contributed by atoms with van der Waals surface area (Å²) in [5, 5.41) is 7.48.